The number of carbonyl (C=O) groups is 1. The molecule has 7 nitrogen and oxygen atoms in total. The first kappa shape index (κ1) is 23.7. The molecule has 3 aromatic rings. The summed E-state index contributed by atoms with van der Waals surface area (Å²) in [5.74, 6) is 1.09. The number of hydrogen-bond donors (Lipinski definition) is 1. The molecule has 178 valence electrons. The fourth-order valence-corrected chi connectivity index (χ4v) is 3.76. The number of allylic oxidation sites excluding steroid dienone is 1. The molecule has 0 saturated heterocycles. The fourth-order valence-electron chi connectivity index (χ4n) is 3.76. The summed E-state index contributed by atoms with van der Waals surface area (Å²) in [7, 11) is 0. The maximum atomic E-state index is 12.3. The van der Waals surface area contributed by atoms with Gasteiger partial charge in [0.25, 0.3) is 0 Å². The van der Waals surface area contributed by atoms with Crippen LogP contribution in [0.4, 0.5) is 0 Å². The van der Waals surface area contributed by atoms with Crippen molar-refractivity contribution in [1.29, 1.82) is 5.26 Å². The van der Waals surface area contributed by atoms with E-state index in [0.29, 0.717) is 23.7 Å². The van der Waals surface area contributed by atoms with Crippen LogP contribution < -0.4 is 24.7 Å². The van der Waals surface area contributed by atoms with Crippen LogP contribution in [0.1, 0.15) is 36.0 Å². The summed E-state index contributed by atoms with van der Waals surface area (Å²) in [5.41, 5.74) is 9.11. The molecular weight excluding hydrogens is 444 g/mol. The highest BCUT2D eigenvalue weighted by Crippen LogP contribution is 2.43. The highest BCUT2D eigenvalue weighted by molar-refractivity contribution is 5.74. The molecule has 0 fully saturated rings. The third-order valence-corrected chi connectivity index (χ3v) is 5.49. The molecule has 0 saturated carbocycles. The van der Waals surface area contributed by atoms with Gasteiger partial charge in [-0.25, -0.2) is 4.79 Å². The smallest absolute Gasteiger partial charge is 0.349 e. The van der Waals surface area contributed by atoms with E-state index in [-0.39, 0.29) is 18.2 Å². The molecule has 0 bridgehead atoms. The first-order chi connectivity index (χ1) is 17.0. The van der Waals surface area contributed by atoms with Gasteiger partial charge < -0.3 is 24.7 Å². The van der Waals surface area contributed by atoms with E-state index in [0.717, 1.165) is 28.9 Å². The lowest BCUT2D eigenvalue weighted by Crippen LogP contribution is -2.21. The summed E-state index contributed by atoms with van der Waals surface area (Å²) >= 11 is 0. The summed E-state index contributed by atoms with van der Waals surface area (Å²) in [6, 6.07) is 22.1. The Balaban J connectivity index is 1.51. The zero-order valence-corrected chi connectivity index (χ0v) is 19.6. The van der Waals surface area contributed by atoms with E-state index < -0.39 is 11.9 Å². The fraction of sp³-hybridized carbons (Fsp3) is 0.214. The Kier molecular flexibility index (Phi) is 7.22. The van der Waals surface area contributed by atoms with E-state index >= 15 is 0 Å². The van der Waals surface area contributed by atoms with Gasteiger partial charge in [0.05, 0.1) is 12.5 Å². The highest BCUT2D eigenvalue weighted by atomic mass is 16.6. The number of aryl methyl sites for hydroxylation is 1. The number of carbonyl (C=O) groups excluding carboxylic acids is 1. The second-order valence-corrected chi connectivity index (χ2v) is 8.12. The zero-order chi connectivity index (χ0) is 24.8. The van der Waals surface area contributed by atoms with Crippen LogP contribution >= 0.6 is 0 Å². The number of nitriles is 1. The van der Waals surface area contributed by atoms with Crippen LogP contribution in [0.25, 0.3) is 0 Å². The standard InChI is InChI=1S/C28H26N2O5/c1-3-14-32-20-10-6-19(7-11-20)27-23-13-12-22(15-25(23)35-28(30)24(27)16-29)34-26(31)17-33-21-8-4-18(2)5-9-21/h4-13,15,27H,3,14,17,30H2,1-2H3. The van der Waals surface area contributed by atoms with Gasteiger partial charge in [-0.3, -0.25) is 0 Å². The third kappa shape index (κ3) is 5.56. The lowest BCUT2D eigenvalue weighted by Gasteiger charge is -2.26. The minimum atomic E-state index is -0.554. The van der Waals surface area contributed by atoms with Crippen LogP contribution in [0, 0.1) is 18.3 Å². The van der Waals surface area contributed by atoms with Gasteiger partial charge in [-0.15, -0.1) is 0 Å². The third-order valence-electron chi connectivity index (χ3n) is 5.49. The molecule has 1 unspecified atom stereocenters. The summed E-state index contributed by atoms with van der Waals surface area (Å²) < 4.78 is 22.3. The average Bonchev–Trinajstić information content (AvgIpc) is 2.86. The Morgan fingerprint density at radius 2 is 1.66 bits per heavy atom. The lowest BCUT2D eigenvalue weighted by molar-refractivity contribution is -0.136. The van der Waals surface area contributed by atoms with Crippen LogP contribution in [0.5, 0.6) is 23.0 Å². The van der Waals surface area contributed by atoms with E-state index in [1.807, 2.05) is 50.2 Å². The van der Waals surface area contributed by atoms with E-state index in [1.165, 1.54) is 0 Å². The first-order valence-electron chi connectivity index (χ1n) is 11.3. The molecule has 0 radical (unpaired) electrons. The molecule has 35 heavy (non-hydrogen) atoms. The van der Waals surface area contributed by atoms with Crippen molar-refractivity contribution >= 4 is 5.97 Å². The summed E-state index contributed by atoms with van der Waals surface area (Å²) in [5, 5.41) is 9.76. The van der Waals surface area contributed by atoms with Gasteiger partial charge in [-0.05, 0) is 49.2 Å². The van der Waals surface area contributed by atoms with E-state index in [4.69, 9.17) is 24.7 Å². The normalized spacial score (nSPS) is 14.4. The van der Waals surface area contributed by atoms with Crippen molar-refractivity contribution in [2.75, 3.05) is 13.2 Å². The maximum absolute atomic E-state index is 12.3. The summed E-state index contributed by atoms with van der Waals surface area (Å²) in [6.07, 6.45) is 0.915. The van der Waals surface area contributed by atoms with Gasteiger partial charge in [-0.2, -0.15) is 5.26 Å². The Bertz CT molecular complexity index is 1270. The van der Waals surface area contributed by atoms with Gasteiger partial charge in [0.1, 0.15) is 34.6 Å². The SMILES string of the molecule is CCCOc1ccc(C2C(C#N)=C(N)Oc3cc(OC(=O)COc4ccc(C)cc4)ccc32)cc1. The Morgan fingerprint density at radius 1 is 1.00 bits per heavy atom. The molecule has 0 aliphatic carbocycles. The van der Waals surface area contributed by atoms with Gasteiger partial charge in [-0.1, -0.05) is 42.8 Å². The summed E-state index contributed by atoms with van der Waals surface area (Å²) in [6.45, 7) is 4.41. The van der Waals surface area contributed by atoms with Crippen molar-refractivity contribution in [2.45, 2.75) is 26.2 Å². The quantitative estimate of drug-likeness (QED) is 0.365. The Morgan fingerprint density at radius 3 is 2.34 bits per heavy atom. The van der Waals surface area contributed by atoms with Gasteiger partial charge in [0.15, 0.2) is 6.61 Å². The summed E-state index contributed by atoms with van der Waals surface area (Å²) in [4.78, 5) is 12.3. The zero-order valence-electron chi connectivity index (χ0n) is 19.6. The number of esters is 1. The molecule has 0 spiro atoms. The molecule has 1 aliphatic heterocycles. The first-order valence-corrected chi connectivity index (χ1v) is 11.3. The Labute approximate surface area is 204 Å². The monoisotopic (exact) mass is 470 g/mol. The number of rotatable bonds is 8. The molecule has 1 heterocycles. The van der Waals surface area contributed by atoms with Crippen molar-refractivity contribution in [3.8, 4) is 29.1 Å². The van der Waals surface area contributed by atoms with Crippen LogP contribution in [-0.2, 0) is 4.79 Å². The van der Waals surface area contributed by atoms with Gasteiger partial charge in [0, 0.05) is 11.6 Å². The van der Waals surface area contributed by atoms with E-state index in [9.17, 15) is 10.1 Å². The molecule has 7 heteroatoms. The molecule has 2 N–H and O–H groups in total. The van der Waals surface area contributed by atoms with Crippen molar-refractivity contribution in [3.63, 3.8) is 0 Å². The molecule has 0 aromatic heterocycles. The maximum Gasteiger partial charge on any atom is 0.349 e. The Hall–Kier alpha value is -4.44. The largest absolute Gasteiger partial charge is 0.494 e. The van der Waals surface area contributed by atoms with Crippen LogP contribution in [0.15, 0.2) is 78.2 Å². The van der Waals surface area contributed by atoms with Crippen LogP contribution in [-0.4, -0.2) is 19.2 Å². The number of ether oxygens (including phenoxy) is 4. The molecule has 4 rings (SSSR count). The predicted molar refractivity (Wildman–Crippen MR) is 130 cm³/mol. The minimum Gasteiger partial charge on any atom is -0.494 e. The van der Waals surface area contributed by atoms with Crippen molar-refractivity contribution in [3.05, 3.63) is 94.9 Å². The second-order valence-electron chi connectivity index (χ2n) is 8.12. The molecule has 0 amide bonds. The molecule has 3 aromatic carbocycles. The van der Waals surface area contributed by atoms with Gasteiger partial charge in [0.2, 0.25) is 5.88 Å². The van der Waals surface area contributed by atoms with Crippen molar-refractivity contribution in [2.24, 2.45) is 5.73 Å². The van der Waals surface area contributed by atoms with Gasteiger partial charge >= 0.3 is 5.97 Å². The lowest BCUT2D eigenvalue weighted by atomic mass is 9.83. The topological polar surface area (TPSA) is 104 Å². The molecule has 1 aliphatic rings. The number of fused-ring (bicyclic) bond motifs is 1. The van der Waals surface area contributed by atoms with Crippen molar-refractivity contribution in [1.82, 2.24) is 0 Å². The average molecular weight is 471 g/mol. The molecular formula is C28H26N2O5. The van der Waals surface area contributed by atoms with Crippen LogP contribution in [0.3, 0.4) is 0 Å². The molecule has 1 atom stereocenters. The van der Waals surface area contributed by atoms with E-state index in [1.54, 1.807) is 30.3 Å². The number of hydrogen-bond acceptors (Lipinski definition) is 7. The highest BCUT2D eigenvalue weighted by Gasteiger charge is 2.31. The van der Waals surface area contributed by atoms with Crippen LogP contribution in [0.2, 0.25) is 0 Å². The van der Waals surface area contributed by atoms with Crippen molar-refractivity contribution < 1.29 is 23.7 Å². The number of nitrogens with two attached hydrogens (primary N) is 1. The minimum absolute atomic E-state index is 0.0162. The number of benzene rings is 3. The van der Waals surface area contributed by atoms with E-state index in [2.05, 4.69) is 6.07 Å². The second kappa shape index (κ2) is 10.7. The number of nitrogens with zero attached hydrogens (tertiary/aromatic N) is 1. The predicted octanol–water partition coefficient (Wildman–Crippen LogP) is 4.99.